The van der Waals surface area contributed by atoms with Crippen molar-refractivity contribution in [3.8, 4) is 0 Å². The van der Waals surface area contributed by atoms with Crippen LogP contribution in [0.2, 0.25) is 0 Å². The second-order valence-corrected chi connectivity index (χ2v) is 5.64. The van der Waals surface area contributed by atoms with Gasteiger partial charge in [0.2, 0.25) is 0 Å². The van der Waals surface area contributed by atoms with Crippen LogP contribution in [0.25, 0.3) is 11.0 Å². The van der Waals surface area contributed by atoms with E-state index in [1.54, 1.807) is 11.3 Å². The highest BCUT2D eigenvalue weighted by Crippen LogP contribution is 2.31. The van der Waals surface area contributed by atoms with E-state index in [9.17, 15) is 0 Å². The van der Waals surface area contributed by atoms with Gasteiger partial charge in [-0.15, -0.1) is 11.3 Å². The Kier molecular flexibility index (Phi) is 3.38. The summed E-state index contributed by atoms with van der Waals surface area (Å²) in [5.41, 5.74) is 3.74. The van der Waals surface area contributed by atoms with Crippen molar-refractivity contribution in [2.45, 2.75) is 19.4 Å². The Balaban J connectivity index is 2.01. The summed E-state index contributed by atoms with van der Waals surface area (Å²) in [7, 11) is 0. The second-order valence-electron chi connectivity index (χ2n) is 4.44. The fraction of sp³-hybridized carbons (Fsp3) is 0.200. The number of benzene rings is 1. The maximum Gasteiger partial charge on any atom is 0.134 e. The zero-order valence-corrected chi connectivity index (χ0v) is 11.5. The summed E-state index contributed by atoms with van der Waals surface area (Å²) >= 11 is 1.77. The summed E-state index contributed by atoms with van der Waals surface area (Å²) in [6.07, 6.45) is 1.04. The van der Waals surface area contributed by atoms with Gasteiger partial charge in [0.25, 0.3) is 0 Å². The maximum atomic E-state index is 5.88. The molecule has 3 aromatic rings. The van der Waals surface area contributed by atoms with Gasteiger partial charge < -0.3 is 4.42 Å². The van der Waals surface area contributed by atoms with E-state index in [-0.39, 0.29) is 6.04 Å². The number of para-hydroxylation sites is 1. The molecule has 0 saturated carbocycles. The lowest BCUT2D eigenvalue weighted by Crippen LogP contribution is -2.27. The Hall–Kier alpha value is -1.62. The van der Waals surface area contributed by atoms with Crippen LogP contribution in [0, 0.1) is 0 Å². The SMILES string of the molecule is CCc1ccc(C(NN)c2cc3ccccc3o2)s1. The zero-order chi connectivity index (χ0) is 13.2. The number of fused-ring (bicyclic) bond motifs is 1. The molecule has 0 aliphatic heterocycles. The first-order chi connectivity index (χ1) is 9.31. The van der Waals surface area contributed by atoms with Crippen molar-refractivity contribution in [1.29, 1.82) is 0 Å². The zero-order valence-electron chi connectivity index (χ0n) is 10.7. The van der Waals surface area contributed by atoms with E-state index >= 15 is 0 Å². The first-order valence-electron chi connectivity index (χ1n) is 6.35. The Bertz CT molecular complexity index is 653. The number of nitrogens with two attached hydrogens (primary N) is 1. The van der Waals surface area contributed by atoms with E-state index < -0.39 is 0 Å². The quantitative estimate of drug-likeness (QED) is 0.563. The monoisotopic (exact) mass is 272 g/mol. The molecule has 1 unspecified atom stereocenters. The van der Waals surface area contributed by atoms with Crippen molar-refractivity contribution in [2.75, 3.05) is 0 Å². The van der Waals surface area contributed by atoms with Gasteiger partial charge in [-0.2, -0.15) is 0 Å². The Morgan fingerprint density at radius 3 is 2.79 bits per heavy atom. The van der Waals surface area contributed by atoms with E-state index in [1.807, 2.05) is 30.3 Å². The molecule has 1 aromatic carbocycles. The minimum atomic E-state index is -0.0855. The number of hydrazine groups is 1. The highest BCUT2D eigenvalue weighted by Gasteiger charge is 2.18. The molecular weight excluding hydrogens is 256 g/mol. The molecule has 98 valence electrons. The fourth-order valence-electron chi connectivity index (χ4n) is 2.19. The first-order valence-corrected chi connectivity index (χ1v) is 7.16. The molecule has 0 saturated heterocycles. The van der Waals surface area contributed by atoms with Crippen LogP contribution in [0.1, 0.15) is 28.5 Å². The summed E-state index contributed by atoms with van der Waals surface area (Å²) < 4.78 is 5.88. The number of thiophene rings is 1. The van der Waals surface area contributed by atoms with Crippen LogP contribution in [-0.2, 0) is 6.42 Å². The Morgan fingerprint density at radius 1 is 1.26 bits per heavy atom. The van der Waals surface area contributed by atoms with Crippen molar-refractivity contribution in [2.24, 2.45) is 5.84 Å². The molecule has 19 heavy (non-hydrogen) atoms. The lowest BCUT2D eigenvalue weighted by atomic mass is 10.2. The normalized spacial score (nSPS) is 12.9. The molecule has 2 heterocycles. The van der Waals surface area contributed by atoms with E-state index in [0.717, 1.165) is 23.2 Å². The van der Waals surface area contributed by atoms with Gasteiger partial charge in [0, 0.05) is 15.1 Å². The van der Waals surface area contributed by atoms with Crippen molar-refractivity contribution in [1.82, 2.24) is 5.43 Å². The summed E-state index contributed by atoms with van der Waals surface area (Å²) in [5.74, 6) is 6.56. The lowest BCUT2D eigenvalue weighted by Gasteiger charge is -2.10. The van der Waals surface area contributed by atoms with Gasteiger partial charge in [-0.05, 0) is 30.7 Å². The van der Waals surface area contributed by atoms with E-state index in [1.165, 1.54) is 9.75 Å². The molecule has 0 spiro atoms. The smallest absolute Gasteiger partial charge is 0.134 e. The summed E-state index contributed by atoms with van der Waals surface area (Å²) in [5, 5.41) is 1.10. The molecule has 0 bridgehead atoms. The second kappa shape index (κ2) is 5.17. The van der Waals surface area contributed by atoms with Gasteiger partial charge in [0.1, 0.15) is 17.4 Å². The number of furan rings is 1. The number of nitrogens with one attached hydrogen (secondary N) is 1. The number of rotatable bonds is 4. The van der Waals surface area contributed by atoms with Gasteiger partial charge >= 0.3 is 0 Å². The maximum absolute atomic E-state index is 5.88. The molecule has 0 fully saturated rings. The van der Waals surface area contributed by atoms with Crippen LogP contribution in [0.3, 0.4) is 0 Å². The predicted molar refractivity (Wildman–Crippen MR) is 79.1 cm³/mol. The standard InChI is InChI=1S/C15H16N2OS/c1-2-11-7-8-14(19-11)15(17-16)13-9-10-5-3-4-6-12(10)18-13/h3-9,15,17H,2,16H2,1H3. The summed E-state index contributed by atoms with van der Waals surface area (Å²) in [4.78, 5) is 2.53. The molecule has 4 heteroatoms. The molecule has 3 N–H and O–H groups in total. The van der Waals surface area contributed by atoms with Crippen molar-refractivity contribution in [3.63, 3.8) is 0 Å². The number of hydrogen-bond acceptors (Lipinski definition) is 4. The molecule has 1 atom stereocenters. The van der Waals surface area contributed by atoms with Gasteiger partial charge in [-0.1, -0.05) is 25.1 Å². The van der Waals surface area contributed by atoms with Crippen LogP contribution in [0.4, 0.5) is 0 Å². The average molecular weight is 272 g/mol. The largest absolute Gasteiger partial charge is 0.459 e. The van der Waals surface area contributed by atoms with Crippen molar-refractivity contribution < 1.29 is 4.42 Å². The van der Waals surface area contributed by atoms with Crippen LogP contribution in [0.5, 0.6) is 0 Å². The minimum absolute atomic E-state index is 0.0855. The van der Waals surface area contributed by atoms with E-state index in [2.05, 4.69) is 24.5 Å². The highest BCUT2D eigenvalue weighted by molar-refractivity contribution is 7.12. The van der Waals surface area contributed by atoms with Crippen LogP contribution in [0.15, 0.2) is 46.9 Å². The molecule has 0 radical (unpaired) electrons. The topological polar surface area (TPSA) is 51.2 Å². The Morgan fingerprint density at radius 2 is 2.11 bits per heavy atom. The summed E-state index contributed by atoms with van der Waals surface area (Å²) in [6.45, 7) is 2.15. The van der Waals surface area contributed by atoms with Crippen molar-refractivity contribution >= 4 is 22.3 Å². The third-order valence-electron chi connectivity index (χ3n) is 3.21. The molecule has 0 aliphatic rings. The predicted octanol–water partition coefficient (Wildman–Crippen LogP) is 3.61. The third-order valence-corrected chi connectivity index (χ3v) is 4.51. The van der Waals surface area contributed by atoms with Gasteiger partial charge in [0.15, 0.2) is 0 Å². The fourth-order valence-corrected chi connectivity index (χ4v) is 3.21. The van der Waals surface area contributed by atoms with Gasteiger partial charge in [-0.25, -0.2) is 5.43 Å². The summed E-state index contributed by atoms with van der Waals surface area (Å²) in [6, 6.07) is 14.2. The van der Waals surface area contributed by atoms with Crippen molar-refractivity contribution in [3.05, 3.63) is 58.0 Å². The van der Waals surface area contributed by atoms with Crippen LogP contribution < -0.4 is 11.3 Å². The average Bonchev–Trinajstić information content (AvgIpc) is 3.05. The molecule has 3 nitrogen and oxygen atoms in total. The van der Waals surface area contributed by atoms with E-state index in [4.69, 9.17) is 10.3 Å². The molecule has 3 rings (SSSR count). The highest BCUT2D eigenvalue weighted by atomic mass is 32.1. The number of aryl methyl sites for hydroxylation is 1. The number of hydrogen-bond donors (Lipinski definition) is 2. The molecule has 0 aliphatic carbocycles. The van der Waals surface area contributed by atoms with E-state index in [0.29, 0.717) is 0 Å². The van der Waals surface area contributed by atoms with Crippen LogP contribution >= 0.6 is 11.3 Å². The minimum Gasteiger partial charge on any atom is -0.459 e. The Labute approximate surface area is 116 Å². The van der Waals surface area contributed by atoms with Gasteiger partial charge in [-0.3, -0.25) is 5.84 Å². The molecular formula is C15H16N2OS. The van der Waals surface area contributed by atoms with Gasteiger partial charge in [0.05, 0.1) is 0 Å². The first kappa shape index (κ1) is 12.4. The third kappa shape index (κ3) is 2.30. The molecule has 2 aromatic heterocycles. The lowest BCUT2D eigenvalue weighted by molar-refractivity contribution is 0.481. The van der Waals surface area contributed by atoms with Crippen LogP contribution in [-0.4, -0.2) is 0 Å². The molecule has 0 amide bonds.